The Balaban J connectivity index is 2.14. The molecular weight excluding hydrogens is 220 g/mol. The van der Waals surface area contributed by atoms with E-state index in [9.17, 15) is 0 Å². The largest absolute Gasteiger partial charge is 0.497 e. The van der Waals surface area contributed by atoms with E-state index in [2.05, 4.69) is 12.1 Å². The van der Waals surface area contributed by atoms with E-state index in [-0.39, 0.29) is 0 Å². The van der Waals surface area contributed by atoms with Crippen molar-refractivity contribution in [2.75, 3.05) is 7.11 Å². The number of ether oxygens (including phenoxy) is 1. The Morgan fingerprint density at radius 1 is 1.06 bits per heavy atom. The topological polar surface area (TPSA) is 9.23 Å². The summed E-state index contributed by atoms with van der Waals surface area (Å²) >= 11 is 6.46. The van der Waals surface area contributed by atoms with E-state index < -0.39 is 0 Å². The number of benzene rings is 1. The van der Waals surface area contributed by atoms with Crippen molar-refractivity contribution >= 4 is 11.6 Å². The summed E-state index contributed by atoms with van der Waals surface area (Å²) in [7, 11) is 1.70. The van der Waals surface area contributed by atoms with Crippen LogP contribution < -0.4 is 4.74 Å². The Hall–Kier alpha value is -0.690. The molecule has 0 amide bonds. The maximum Gasteiger partial charge on any atom is 0.118 e. The smallest absolute Gasteiger partial charge is 0.118 e. The fourth-order valence-corrected chi connectivity index (χ4v) is 2.91. The Labute approximate surface area is 103 Å². The summed E-state index contributed by atoms with van der Waals surface area (Å²) in [5.74, 6) is 1.44. The molecule has 1 fully saturated rings. The van der Waals surface area contributed by atoms with E-state index in [0.29, 0.717) is 11.3 Å². The maximum absolute atomic E-state index is 6.46. The van der Waals surface area contributed by atoms with Gasteiger partial charge in [0.1, 0.15) is 5.75 Å². The molecule has 16 heavy (non-hydrogen) atoms. The molecule has 0 aliphatic heterocycles. The van der Waals surface area contributed by atoms with Crippen LogP contribution in [0.3, 0.4) is 0 Å². The second-order valence-corrected chi connectivity index (χ2v) is 5.09. The minimum absolute atomic E-state index is 0.302. The molecule has 0 radical (unpaired) electrons. The Morgan fingerprint density at radius 3 is 2.44 bits per heavy atom. The molecule has 0 N–H and O–H groups in total. The quantitative estimate of drug-likeness (QED) is 0.550. The lowest BCUT2D eigenvalue weighted by atomic mass is 9.91. The first-order chi connectivity index (χ1) is 7.81. The SMILES string of the molecule is COc1ccc(C2CCCCCC2Cl)cc1. The molecule has 1 saturated carbocycles. The van der Waals surface area contributed by atoms with Gasteiger partial charge in [0.05, 0.1) is 7.11 Å². The highest BCUT2D eigenvalue weighted by Gasteiger charge is 2.23. The van der Waals surface area contributed by atoms with Crippen molar-refractivity contribution < 1.29 is 4.74 Å². The van der Waals surface area contributed by atoms with E-state index in [0.717, 1.165) is 12.2 Å². The predicted molar refractivity (Wildman–Crippen MR) is 68.5 cm³/mol. The zero-order valence-electron chi connectivity index (χ0n) is 9.79. The summed E-state index contributed by atoms with van der Waals surface area (Å²) in [5.41, 5.74) is 1.36. The third-order valence-electron chi connectivity index (χ3n) is 3.48. The first kappa shape index (κ1) is 11.8. The number of hydrogen-bond donors (Lipinski definition) is 0. The first-order valence-electron chi connectivity index (χ1n) is 6.09. The summed E-state index contributed by atoms with van der Waals surface area (Å²) in [6, 6.07) is 8.38. The number of rotatable bonds is 2. The zero-order valence-corrected chi connectivity index (χ0v) is 10.5. The molecule has 2 heteroatoms. The van der Waals surface area contributed by atoms with Crippen molar-refractivity contribution in [3.05, 3.63) is 29.8 Å². The summed E-state index contributed by atoms with van der Waals surface area (Å²) in [4.78, 5) is 0. The maximum atomic E-state index is 6.46. The van der Waals surface area contributed by atoms with Crippen molar-refractivity contribution in [2.45, 2.75) is 43.4 Å². The van der Waals surface area contributed by atoms with Crippen LogP contribution in [0.4, 0.5) is 0 Å². The van der Waals surface area contributed by atoms with Crippen molar-refractivity contribution in [3.8, 4) is 5.75 Å². The number of hydrogen-bond acceptors (Lipinski definition) is 1. The van der Waals surface area contributed by atoms with Gasteiger partial charge in [-0.2, -0.15) is 0 Å². The molecular formula is C14H19ClO. The minimum atomic E-state index is 0.302. The van der Waals surface area contributed by atoms with Crippen LogP contribution in [0.15, 0.2) is 24.3 Å². The monoisotopic (exact) mass is 238 g/mol. The van der Waals surface area contributed by atoms with Gasteiger partial charge in [0.25, 0.3) is 0 Å². The van der Waals surface area contributed by atoms with Crippen LogP contribution in [-0.2, 0) is 0 Å². The Bertz CT molecular complexity index is 320. The number of halogens is 1. The summed E-state index contributed by atoms with van der Waals surface area (Å²) in [6.45, 7) is 0. The standard InChI is InChI=1S/C14H19ClO/c1-16-12-9-7-11(8-10-12)13-5-3-2-4-6-14(13)15/h7-10,13-14H,2-6H2,1H3. The molecule has 1 aromatic carbocycles. The van der Waals surface area contributed by atoms with Crippen LogP contribution in [0.1, 0.15) is 43.6 Å². The molecule has 2 rings (SSSR count). The van der Waals surface area contributed by atoms with Gasteiger partial charge in [-0.25, -0.2) is 0 Å². The molecule has 88 valence electrons. The van der Waals surface area contributed by atoms with Crippen LogP contribution in [0.2, 0.25) is 0 Å². The van der Waals surface area contributed by atoms with Crippen molar-refractivity contribution in [1.82, 2.24) is 0 Å². The summed E-state index contributed by atoms with van der Waals surface area (Å²) < 4.78 is 5.18. The van der Waals surface area contributed by atoms with Crippen LogP contribution in [0.5, 0.6) is 5.75 Å². The van der Waals surface area contributed by atoms with Gasteiger partial charge in [-0.3, -0.25) is 0 Å². The third kappa shape index (κ3) is 2.70. The fraction of sp³-hybridized carbons (Fsp3) is 0.571. The average Bonchev–Trinajstić information content (AvgIpc) is 2.54. The fourth-order valence-electron chi connectivity index (χ4n) is 2.49. The molecule has 2 atom stereocenters. The van der Waals surface area contributed by atoms with Gasteiger partial charge in [0.2, 0.25) is 0 Å². The molecule has 1 aliphatic rings. The lowest BCUT2D eigenvalue weighted by Gasteiger charge is -2.20. The molecule has 2 unspecified atom stereocenters. The number of alkyl halides is 1. The molecule has 1 aromatic rings. The lowest BCUT2D eigenvalue weighted by Crippen LogP contribution is -2.11. The molecule has 0 bridgehead atoms. The summed E-state index contributed by atoms with van der Waals surface area (Å²) in [6.07, 6.45) is 6.29. The van der Waals surface area contributed by atoms with E-state index >= 15 is 0 Å². The van der Waals surface area contributed by atoms with E-state index in [1.165, 1.54) is 31.2 Å². The van der Waals surface area contributed by atoms with Gasteiger partial charge >= 0.3 is 0 Å². The minimum Gasteiger partial charge on any atom is -0.497 e. The molecule has 0 aromatic heterocycles. The molecule has 1 aliphatic carbocycles. The normalized spacial score (nSPS) is 26.1. The zero-order chi connectivity index (χ0) is 11.4. The van der Waals surface area contributed by atoms with Crippen molar-refractivity contribution in [1.29, 1.82) is 0 Å². The Kier molecular flexibility index (Phi) is 4.11. The lowest BCUT2D eigenvalue weighted by molar-refractivity contribution is 0.414. The van der Waals surface area contributed by atoms with E-state index in [1.54, 1.807) is 7.11 Å². The Morgan fingerprint density at radius 2 is 1.75 bits per heavy atom. The molecule has 1 nitrogen and oxygen atoms in total. The van der Waals surface area contributed by atoms with Gasteiger partial charge in [-0.05, 0) is 30.5 Å². The van der Waals surface area contributed by atoms with Crippen LogP contribution in [-0.4, -0.2) is 12.5 Å². The van der Waals surface area contributed by atoms with Gasteiger partial charge in [-0.15, -0.1) is 11.6 Å². The van der Waals surface area contributed by atoms with E-state index in [4.69, 9.17) is 16.3 Å². The first-order valence-corrected chi connectivity index (χ1v) is 6.53. The van der Waals surface area contributed by atoms with Crippen LogP contribution in [0, 0.1) is 0 Å². The molecule has 0 saturated heterocycles. The van der Waals surface area contributed by atoms with Crippen molar-refractivity contribution in [2.24, 2.45) is 0 Å². The second-order valence-electron chi connectivity index (χ2n) is 4.53. The predicted octanol–water partition coefficient (Wildman–Crippen LogP) is 4.35. The van der Waals surface area contributed by atoms with Gasteiger partial charge < -0.3 is 4.74 Å². The summed E-state index contributed by atoms with van der Waals surface area (Å²) in [5, 5.41) is 0.302. The highest BCUT2D eigenvalue weighted by molar-refractivity contribution is 6.21. The van der Waals surface area contributed by atoms with Gasteiger partial charge in [-0.1, -0.05) is 31.4 Å². The highest BCUT2D eigenvalue weighted by Crippen LogP contribution is 2.35. The van der Waals surface area contributed by atoms with Crippen molar-refractivity contribution in [3.63, 3.8) is 0 Å². The third-order valence-corrected chi connectivity index (χ3v) is 4.00. The number of methoxy groups -OCH3 is 1. The van der Waals surface area contributed by atoms with Crippen LogP contribution >= 0.6 is 11.6 Å². The van der Waals surface area contributed by atoms with Crippen LogP contribution in [0.25, 0.3) is 0 Å². The second kappa shape index (κ2) is 5.58. The van der Waals surface area contributed by atoms with Gasteiger partial charge in [0.15, 0.2) is 0 Å². The van der Waals surface area contributed by atoms with E-state index in [1.807, 2.05) is 12.1 Å². The molecule has 0 heterocycles. The average molecular weight is 239 g/mol. The molecule has 0 spiro atoms. The van der Waals surface area contributed by atoms with Gasteiger partial charge in [0, 0.05) is 11.3 Å². The highest BCUT2D eigenvalue weighted by atomic mass is 35.5.